The van der Waals surface area contributed by atoms with Crippen molar-refractivity contribution < 1.29 is 0 Å². The summed E-state index contributed by atoms with van der Waals surface area (Å²) in [7, 11) is 0. The SMILES string of the molecule is Cc1cccc(CCNc2cc[c]cc2)c1C. The van der Waals surface area contributed by atoms with Crippen LogP contribution in [0.25, 0.3) is 0 Å². The Balaban J connectivity index is 1.93. The van der Waals surface area contributed by atoms with E-state index in [2.05, 4.69) is 43.4 Å². The van der Waals surface area contributed by atoms with Crippen molar-refractivity contribution in [1.82, 2.24) is 0 Å². The van der Waals surface area contributed by atoms with Gasteiger partial charge in [0.1, 0.15) is 0 Å². The summed E-state index contributed by atoms with van der Waals surface area (Å²) in [6, 6.07) is 17.5. The highest BCUT2D eigenvalue weighted by atomic mass is 14.9. The lowest BCUT2D eigenvalue weighted by Crippen LogP contribution is -2.06. The summed E-state index contributed by atoms with van der Waals surface area (Å²) in [5.41, 5.74) is 5.38. The first-order valence-electron chi connectivity index (χ1n) is 6.02. The summed E-state index contributed by atoms with van der Waals surface area (Å²) in [4.78, 5) is 0. The minimum atomic E-state index is 0.967. The van der Waals surface area contributed by atoms with Crippen LogP contribution in [0.4, 0.5) is 5.69 Å². The van der Waals surface area contributed by atoms with Crippen LogP contribution in [-0.4, -0.2) is 6.54 Å². The highest BCUT2D eigenvalue weighted by Gasteiger charge is 2.00. The molecule has 87 valence electrons. The molecule has 2 rings (SSSR count). The Hall–Kier alpha value is -1.76. The Bertz CT molecular complexity index is 474. The second-order valence-electron chi connectivity index (χ2n) is 4.32. The third kappa shape index (κ3) is 3.10. The van der Waals surface area contributed by atoms with Gasteiger partial charge in [0.05, 0.1) is 0 Å². The highest BCUT2D eigenvalue weighted by Crippen LogP contribution is 2.13. The van der Waals surface area contributed by atoms with Crippen molar-refractivity contribution in [3.05, 3.63) is 65.2 Å². The minimum absolute atomic E-state index is 0.967. The molecule has 0 aliphatic rings. The first kappa shape index (κ1) is 11.7. The molecule has 0 fully saturated rings. The predicted molar refractivity (Wildman–Crippen MR) is 73.4 cm³/mol. The van der Waals surface area contributed by atoms with Crippen molar-refractivity contribution in [3.63, 3.8) is 0 Å². The summed E-state index contributed by atoms with van der Waals surface area (Å²) >= 11 is 0. The number of hydrogen-bond acceptors (Lipinski definition) is 1. The second kappa shape index (κ2) is 5.53. The van der Waals surface area contributed by atoms with Crippen LogP contribution in [-0.2, 0) is 6.42 Å². The van der Waals surface area contributed by atoms with Gasteiger partial charge in [-0.1, -0.05) is 30.3 Å². The molecular formula is C16H18N. The molecule has 0 aliphatic heterocycles. The van der Waals surface area contributed by atoms with Crippen LogP contribution in [0.5, 0.6) is 0 Å². The average molecular weight is 224 g/mol. The van der Waals surface area contributed by atoms with E-state index in [0.717, 1.165) is 18.7 Å². The molecule has 0 heterocycles. The lowest BCUT2D eigenvalue weighted by molar-refractivity contribution is 0.999. The van der Waals surface area contributed by atoms with E-state index in [-0.39, 0.29) is 0 Å². The Kier molecular flexibility index (Phi) is 3.81. The van der Waals surface area contributed by atoms with Crippen molar-refractivity contribution in [2.45, 2.75) is 20.3 Å². The van der Waals surface area contributed by atoms with Crippen LogP contribution >= 0.6 is 0 Å². The molecule has 0 aliphatic carbocycles. The monoisotopic (exact) mass is 224 g/mol. The molecule has 17 heavy (non-hydrogen) atoms. The molecule has 0 aromatic heterocycles. The summed E-state index contributed by atoms with van der Waals surface area (Å²) in [5, 5.41) is 3.42. The van der Waals surface area contributed by atoms with Crippen LogP contribution in [0.1, 0.15) is 16.7 Å². The maximum absolute atomic E-state index is 3.42. The number of hydrogen-bond donors (Lipinski definition) is 1. The maximum Gasteiger partial charge on any atom is 0.0340 e. The first-order valence-corrected chi connectivity index (χ1v) is 6.02. The summed E-state index contributed by atoms with van der Waals surface area (Å²) in [5.74, 6) is 0. The van der Waals surface area contributed by atoms with E-state index in [1.165, 1.54) is 16.7 Å². The predicted octanol–water partition coefficient (Wildman–Crippen LogP) is 3.76. The van der Waals surface area contributed by atoms with Crippen molar-refractivity contribution in [2.75, 3.05) is 11.9 Å². The van der Waals surface area contributed by atoms with Crippen molar-refractivity contribution >= 4 is 5.69 Å². The molecule has 1 N–H and O–H groups in total. The Morgan fingerprint density at radius 3 is 2.59 bits per heavy atom. The van der Waals surface area contributed by atoms with E-state index in [1.807, 2.05) is 24.3 Å². The number of anilines is 1. The molecular weight excluding hydrogens is 206 g/mol. The molecule has 2 aromatic rings. The molecule has 0 saturated carbocycles. The number of aryl methyl sites for hydroxylation is 1. The topological polar surface area (TPSA) is 12.0 Å². The van der Waals surface area contributed by atoms with E-state index in [4.69, 9.17) is 0 Å². The zero-order chi connectivity index (χ0) is 12.1. The molecule has 0 bridgehead atoms. The average Bonchev–Trinajstić information content (AvgIpc) is 2.36. The molecule has 0 amide bonds. The van der Waals surface area contributed by atoms with E-state index < -0.39 is 0 Å². The van der Waals surface area contributed by atoms with Gasteiger partial charge in [0.15, 0.2) is 0 Å². The van der Waals surface area contributed by atoms with Gasteiger partial charge in [0.2, 0.25) is 0 Å². The minimum Gasteiger partial charge on any atom is -0.385 e. The third-order valence-electron chi connectivity index (χ3n) is 3.16. The molecule has 1 heteroatoms. The van der Waals surface area contributed by atoms with Gasteiger partial charge in [0, 0.05) is 12.2 Å². The van der Waals surface area contributed by atoms with Gasteiger partial charge >= 0.3 is 0 Å². The van der Waals surface area contributed by atoms with Gasteiger partial charge in [-0.05, 0) is 55.2 Å². The molecule has 0 atom stereocenters. The quantitative estimate of drug-likeness (QED) is 0.833. The molecule has 0 saturated heterocycles. The number of benzene rings is 2. The van der Waals surface area contributed by atoms with Crippen LogP contribution in [0.15, 0.2) is 42.5 Å². The maximum atomic E-state index is 3.42. The van der Waals surface area contributed by atoms with Crippen LogP contribution in [0.3, 0.4) is 0 Å². The second-order valence-corrected chi connectivity index (χ2v) is 4.32. The lowest BCUT2D eigenvalue weighted by Gasteiger charge is -2.10. The molecule has 1 nitrogen and oxygen atoms in total. The van der Waals surface area contributed by atoms with Gasteiger partial charge in [-0.15, -0.1) is 0 Å². The van der Waals surface area contributed by atoms with Crippen molar-refractivity contribution in [3.8, 4) is 0 Å². The highest BCUT2D eigenvalue weighted by molar-refractivity contribution is 5.42. The lowest BCUT2D eigenvalue weighted by atomic mass is 10.0. The van der Waals surface area contributed by atoms with Gasteiger partial charge in [-0.2, -0.15) is 0 Å². The van der Waals surface area contributed by atoms with Gasteiger partial charge < -0.3 is 5.32 Å². The summed E-state index contributed by atoms with van der Waals surface area (Å²) in [6.45, 7) is 5.33. The fourth-order valence-corrected chi connectivity index (χ4v) is 1.93. The first-order chi connectivity index (χ1) is 8.27. The summed E-state index contributed by atoms with van der Waals surface area (Å²) in [6.07, 6.45) is 1.06. The number of nitrogens with one attached hydrogen (secondary N) is 1. The third-order valence-corrected chi connectivity index (χ3v) is 3.16. The largest absolute Gasteiger partial charge is 0.385 e. The van der Waals surface area contributed by atoms with Crippen LogP contribution in [0.2, 0.25) is 0 Å². The molecule has 0 unspecified atom stereocenters. The Morgan fingerprint density at radius 1 is 1.06 bits per heavy atom. The van der Waals surface area contributed by atoms with Crippen LogP contribution < -0.4 is 5.32 Å². The fourth-order valence-electron chi connectivity index (χ4n) is 1.93. The van der Waals surface area contributed by atoms with Crippen LogP contribution in [0, 0.1) is 19.9 Å². The van der Waals surface area contributed by atoms with E-state index in [0.29, 0.717) is 0 Å². The molecule has 1 radical (unpaired) electrons. The van der Waals surface area contributed by atoms with Crippen molar-refractivity contribution in [1.29, 1.82) is 0 Å². The summed E-state index contributed by atoms with van der Waals surface area (Å²) < 4.78 is 0. The van der Waals surface area contributed by atoms with E-state index in [1.54, 1.807) is 0 Å². The van der Waals surface area contributed by atoms with Gasteiger partial charge in [-0.25, -0.2) is 0 Å². The zero-order valence-electron chi connectivity index (χ0n) is 10.5. The van der Waals surface area contributed by atoms with Gasteiger partial charge in [0.25, 0.3) is 0 Å². The molecule has 2 aromatic carbocycles. The smallest absolute Gasteiger partial charge is 0.0340 e. The Morgan fingerprint density at radius 2 is 1.82 bits per heavy atom. The standard InChI is InChI=1S/C16H18N/c1-13-7-6-8-15(14(13)2)11-12-17-16-9-4-3-5-10-16/h4-10,17H,11-12H2,1-2H3. The fraction of sp³-hybridized carbons (Fsp3) is 0.250. The number of rotatable bonds is 4. The van der Waals surface area contributed by atoms with E-state index in [9.17, 15) is 0 Å². The van der Waals surface area contributed by atoms with E-state index >= 15 is 0 Å². The van der Waals surface area contributed by atoms with Crippen molar-refractivity contribution in [2.24, 2.45) is 0 Å². The Labute approximate surface area is 103 Å². The van der Waals surface area contributed by atoms with Gasteiger partial charge in [-0.3, -0.25) is 0 Å². The normalized spacial score (nSPS) is 10.2. The molecule has 0 spiro atoms. The zero-order valence-corrected chi connectivity index (χ0v) is 10.5.